The van der Waals surface area contributed by atoms with Crippen LogP contribution in [-0.2, 0) is 6.42 Å². The van der Waals surface area contributed by atoms with Crippen molar-refractivity contribution >= 4 is 11.5 Å². The summed E-state index contributed by atoms with van der Waals surface area (Å²) in [5.74, 6) is -5.49. The molecule has 2 rings (SSSR count). The zero-order valence-electron chi connectivity index (χ0n) is 14.4. The molecule has 0 fully saturated rings. The third-order valence-corrected chi connectivity index (χ3v) is 3.77. The van der Waals surface area contributed by atoms with Crippen LogP contribution in [0.1, 0.15) is 18.1 Å². The van der Waals surface area contributed by atoms with Gasteiger partial charge in [-0.2, -0.15) is 0 Å². The van der Waals surface area contributed by atoms with Crippen LogP contribution in [0, 0.1) is 23.3 Å². The number of pyridine rings is 1. The van der Waals surface area contributed by atoms with E-state index in [2.05, 4.69) is 20.6 Å². The van der Waals surface area contributed by atoms with Crippen molar-refractivity contribution in [1.82, 2.24) is 10.3 Å². The maximum Gasteiger partial charge on any atom is 0.261 e. The first-order chi connectivity index (χ1) is 12.3. The minimum absolute atomic E-state index is 0.165. The van der Waals surface area contributed by atoms with E-state index < -0.39 is 40.4 Å². The Kier molecular flexibility index (Phi) is 6.01. The van der Waals surface area contributed by atoms with Crippen LogP contribution >= 0.6 is 0 Å². The molecule has 2 aromatic rings. The molecule has 9 heteroatoms. The molecule has 0 bridgehead atoms. The molecule has 0 spiro atoms. The van der Waals surface area contributed by atoms with Gasteiger partial charge in [0.25, 0.3) is 5.56 Å². The van der Waals surface area contributed by atoms with Gasteiger partial charge >= 0.3 is 0 Å². The second-order valence-corrected chi connectivity index (χ2v) is 5.61. The fourth-order valence-electron chi connectivity index (χ4n) is 2.61. The van der Waals surface area contributed by atoms with Gasteiger partial charge in [0.05, 0.1) is 5.69 Å². The van der Waals surface area contributed by atoms with Crippen LogP contribution in [0.2, 0.25) is 0 Å². The summed E-state index contributed by atoms with van der Waals surface area (Å²) in [5.41, 5.74) is -0.567. The molecule has 1 heterocycles. The first kappa shape index (κ1) is 19.5. The Bertz CT molecular complexity index is 869. The minimum Gasteiger partial charge on any atom is -0.381 e. The number of aromatic amines is 1. The monoisotopic (exact) mass is 370 g/mol. The molecule has 1 aromatic heterocycles. The first-order valence-electron chi connectivity index (χ1n) is 7.75. The fourth-order valence-corrected chi connectivity index (χ4v) is 2.61. The van der Waals surface area contributed by atoms with Gasteiger partial charge in [-0.3, -0.25) is 9.79 Å². The van der Waals surface area contributed by atoms with Gasteiger partial charge in [0.15, 0.2) is 23.3 Å². The van der Waals surface area contributed by atoms with Crippen molar-refractivity contribution in [3.8, 4) is 0 Å². The highest BCUT2D eigenvalue weighted by molar-refractivity contribution is 6.02. The topological polar surface area (TPSA) is 69.3 Å². The van der Waals surface area contributed by atoms with E-state index in [1.807, 2.05) is 0 Å². The average molecular weight is 370 g/mol. The number of amidine groups is 1. The Morgan fingerprint density at radius 2 is 1.85 bits per heavy atom. The van der Waals surface area contributed by atoms with Crippen molar-refractivity contribution in [2.75, 3.05) is 19.4 Å². The molecule has 0 radical (unpaired) electrons. The van der Waals surface area contributed by atoms with Crippen LogP contribution in [-0.4, -0.2) is 31.0 Å². The van der Waals surface area contributed by atoms with Gasteiger partial charge in [0.2, 0.25) is 0 Å². The molecule has 1 aromatic carbocycles. The van der Waals surface area contributed by atoms with Crippen molar-refractivity contribution < 1.29 is 17.6 Å². The Labute approximate surface area is 147 Å². The maximum absolute atomic E-state index is 13.8. The van der Waals surface area contributed by atoms with Crippen LogP contribution in [0.4, 0.5) is 23.2 Å². The molecule has 0 aliphatic heterocycles. The first-order valence-corrected chi connectivity index (χ1v) is 7.75. The Morgan fingerprint density at radius 3 is 2.38 bits per heavy atom. The van der Waals surface area contributed by atoms with E-state index in [9.17, 15) is 22.4 Å². The number of hydrogen-bond donors (Lipinski definition) is 3. The van der Waals surface area contributed by atoms with Crippen LogP contribution in [0.5, 0.6) is 0 Å². The number of H-pyrrole nitrogens is 1. The van der Waals surface area contributed by atoms with E-state index >= 15 is 0 Å². The van der Waals surface area contributed by atoms with E-state index in [1.165, 1.54) is 13.2 Å². The Morgan fingerprint density at radius 1 is 1.23 bits per heavy atom. The van der Waals surface area contributed by atoms with Crippen molar-refractivity contribution in [2.24, 2.45) is 4.99 Å². The van der Waals surface area contributed by atoms with Crippen LogP contribution in [0.25, 0.3) is 0 Å². The molecule has 0 aliphatic carbocycles. The van der Waals surface area contributed by atoms with Gasteiger partial charge < -0.3 is 15.6 Å². The van der Waals surface area contributed by atoms with Gasteiger partial charge in [-0.05, 0) is 19.4 Å². The quantitative estimate of drug-likeness (QED) is 0.328. The standard InChI is InChI=1S/C17H18F4N4O/c1-8(6-9-14(20)10(18)7-11(19)15(9)21)25-12-4-5-24-17(26)13(12)16(22-2)23-3/h4-5,7-8H,6H2,1-3H3,(H,22,23)(H2,24,25,26). The number of aromatic nitrogens is 1. The summed E-state index contributed by atoms with van der Waals surface area (Å²) in [4.78, 5) is 18.6. The number of nitrogens with one attached hydrogen (secondary N) is 3. The fraction of sp³-hybridized carbons (Fsp3) is 0.294. The van der Waals surface area contributed by atoms with E-state index in [1.54, 1.807) is 20.0 Å². The highest BCUT2D eigenvalue weighted by atomic mass is 19.2. The maximum atomic E-state index is 13.8. The lowest BCUT2D eigenvalue weighted by atomic mass is 10.0. The number of nitrogens with zero attached hydrogens (tertiary/aromatic N) is 1. The van der Waals surface area contributed by atoms with Gasteiger partial charge in [0, 0.05) is 38.0 Å². The largest absolute Gasteiger partial charge is 0.381 e. The predicted octanol–water partition coefficient (Wildman–Crippen LogP) is 2.57. The average Bonchev–Trinajstić information content (AvgIpc) is 2.60. The Hall–Kier alpha value is -2.84. The molecule has 26 heavy (non-hydrogen) atoms. The molecule has 0 saturated heterocycles. The molecule has 140 valence electrons. The highest BCUT2D eigenvalue weighted by Crippen LogP contribution is 2.22. The van der Waals surface area contributed by atoms with Crippen LogP contribution < -0.4 is 16.2 Å². The SMILES string of the molecule is CN=C(NC)c1c(NC(C)Cc2c(F)c(F)cc(F)c2F)cc[nH]c1=O. The molecule has 0 amide bonds. The summed E-state index contributed by atoms with van der Waals surface area (Å²) in [7, 11) is 3.08. The highest BCUT2D eigenvalue weighted by Gasteiger charge is 2.21. The summed E-state index contributed by atoms with van der Waals surface area (Å²) < 4.78 is 54.3. The smallest absolute Gasteiger partial charge is 0.261 e. The summed E-state index contributed by atoms with van der Waals surface area (Å²) in [5, 5.41) is 5.70. The summed E-state index contributed by atoms with van der Waals surface area (Å²) in [6, 6.07) is 1.07. The van der Waals surface area contributed by atoms with Crippen molar-refractivity contribution in [1.29, 1.82) is 0 Å². The molecule has 5 nitrogen and oxygen atoms in total. The van der Waals surface area contributed by atoms with E-state index in [0.717, 1.165) is 0 Å². The number of benzene rings is 1. The number of rotatable bonds is 5. The lowest BCUT2D eigenvalue weighted by Crippen LogP contribution is -2.31. The normalized spacial score (nSPS) is 12.8. The predicted molar refractivity (Wildman–Crippen MR) is 91.6 cm³/mol. The lowest BCUT2D eigenvalue weighted by molar-refractivity contribution is 0.436. The molecule has 1 unspecified atom stereocenters. The van der Waals surface area contributed by atoms with Gasteiger partial charge in [0.1, 0.15) is 11.4 Å². The summed E-state index contributed by atoms with van der Waals surface area (Å²) in [6.45, 7) is 1.56. The number of anilines is 1. The minimum atomic E-state index is -1.46. The molecular weight excluding hydrogens is 352 g/mol. The van der Waals surface area contributed by atoms with Gasteiger partial charge in [-0.1, -0.05) is 0 Å². The molecule has 0 saturated carbocycles. The van der Waals surface area contributed by atoms with Crippen molar-refractivity contribution in [2.45, 2.75) is 19.4 Å². The zero-order chi connectivity index (χ0) is 19.4. The third kappa shape index (κ3) is 3.87. The molecule has 1 atom stereocenters. The molecule has 0 aliphatic rings. The second-order valence-electron chi connectivity index (χ2n) is 5.61. The number of halogens is 4. The molecule has 3 N–H and O–H groups in total. The summed E-state index contributed by atoms with van der Waals surface area (Å²) >= 11 is 0. The van der Waals surface area contributed by atoms with Crippen LogP contribution in [0.15, 0.2) is 28.1 Å². The third-order valence-electron chi connectivity index (χ3n) is 3.77. The van der Waals surface area contributed by atoms with E-state index in [0.29, 0.717) is 11.5 Å². The number of hydrogen-bond acceptors (Lipinski definition) is 3. The molecular formula is C17H18F4N4O. The van der Waals surface area contributed by atoms with E-state index in [4.69, 9.17) is 0 Å². The lowest BCUT2D eigenvalue weighted by Gasteiger charge is -2.19. The van der Waals surface area contributed by atoms with Crippen LogP contribution in [0.3, 0.4) is 0 Å². The summed E-state index contributed by atoms with van der Waals surface area (Å²) in [6.07, 6.45) is 1.06. The number of aliphatic imine (C=N–C) groups is 1. The van der Waals surface area contributed by atoms with Gasteiger partial charge in [-0.15, -0.1) is 0 Å². The van der Waals surface area contributed by atoms with Crippen molar-refractivity contribution in [3.63, 3.8) is 0 Å². The van der Waals surface area contributed by atoms with Crippen molar-refractivity contribution in [3.05, 3.63) is 63.1 Å². The van der Waals surface area contributed by atoms with E-state index in [-0.39, 0.29) is 18.1 Å². The zero-order valence-corrected chi connectivity index (χ0v) is 14.4. The second kappa shape index (κ2) is 8.03. The Balaban J connectivity index is 2.35. The van der Waals surface area contributed by atoms with Gasteiger partial charge in [-0.25, -0.2) is 17.6 Å².